The average molecular weight is 291 g/mol. The van der Waals surface area contributed by atoms with Gasteiger partial charge in [-0.1, -0.05) is 13.8 Å². The minimum absolute atomic E-state index is 0.121. The van der Waals surface area contributed by atoms with Gasteiger partial charge in [0.1, 0.15) is 5.69 Å². The van der Waals surface area contributed by atoms with Crippen molar-refractivity contribution in [3.05, 3.63) is 17.5 Å². The van der Waals surface area contributed by atoms with Crippen LogP contribution in [0.1, 0.15) is 30.0 Å². The van der Waals surface area contributed by atoms with E-state index in [2.05, 4.69) is 46.0 Å². The predicted octanol–water partition coefficient (Wildman–Crippen LogP) is 0.923. The molecule has 1 aromatic rings. The molecule has 0 saturated carbocycles. The number of hydrogen-bond donors (Lipinski definition) is 1. The van der Waals surface area contributed by atoms with Gasteiger partial charge in [-0.3, -0.25) is 4.79 Å². The van der Waals surface area contributed by atoms with Crippen molar-refractivity contribution in [3.63, 3.8) is 0 Å². The molecule has 6 heteroatoms. The van der Waals surface area contributed by atoms with Crippen LogP contribution in [0, 0.1) is 12.8 Å². The zero-order valence-electron chi connectivity index (χ0n) is 13.4. The third-order valence-electron chi connectivity index (χ3n) is 3.53. The first kappa shape index (κ1) is 15.7. The average Bonchev–Trinajstić information content (AvgIpc) is 2.44. The molecule has 1 aromatic heterocycles. The van der Waals surface area contributed by atoms with Crippen LogP contribution in [0.15, 0.2) is 6.07 Å². The van der Waals surface area contributed by atoms with Gasteiger partial charge >= 0.3 is 0 Å². The van der Waals surface area contributed by atoms with Crippen molar-refractivity contribution in [2.45, 2.75) is 20.8 Å². The number of nitrogens with zero attached hydrogens (tertiary/aromatic N) is 4. The molecule has 0 atom stereocenters. The van der Waals surface area contributed by atoms with Gasteiger partial charge in [0.05, 0.1) is 0 Å². The molecule has 1 saturated heterocycles. The monoisotopic (exact) mass is 291 g/mol. The summed E-state index contributed by atoms with van der Waals surface area (Å²) in [4.78, 5) is 25.5. The SMILES string of the molecule is Cc1cc(C(=O)NCC(C)C)nc(N2CCN(C)CC2)n1. The Kier molecular flexibility index (Phi) is 5.12. The molecule has 0 unspecified atom stereocenters. The number of rotatable bonds is 4. The van der Waals surface area contributed by atoms with Crippen molar-refractivity contribution in [2.24, 2.45) is 5.92 Å². The zero-order valence-corrected chi connectivity index (χ0v) is 13.4. The van der Waals surface area contributed by atoms with Gasteiger partial charge in [-0.25, -0.2) is 9.97 Å². The van der Waals surface area contributed by atoms with Gasteiger partial charge in [-0.15, -0.1) is 0 Å². The lowest BCUT2D eigenvalue weighted by Crippen LogP contribution is -2.45. The molecule has 2 rings (SSSR count). The Morgan fingerprint density at radius 1 is 1.29 bits per heavy atom. The van der Waals surface area contributed by atoms with E-state index in [1.54, 1.807) is 6.07 Å². The molecule has 21 heavy (non-hydrogen) atoms. The predicted molar refractivity (Wildman–Crippen MR) is 83.7 cm³/mol. The van der Waals surface area contributed by atoms with Crippen LogP contribution in [0.25, 0.3) is 0 Å². The quantitative estimate of drug-likeness (QED) is 0.894. The van der Waals surface area contributed by atoms with Crippen LogP contribution in [0.5, 0.6) is 0 Å². The minimum atomic E-state index is -0.121. The summed E-state index contributed by atoms with van der Waals surface area (Å²) in [5.74, 6) is 0.969. The van der Waals surface area contributed by atoms with Gasteiger partial charge in [0.2, 0.25) is 5.95 Å². The minimum Gasteiger partial charge on any atom is -0.350 e. The van der Waals surface area contributed by atoms with Crippen molar-refractivity contribution in [1.82, 2.24) is 20.2 Å². The maximum atomic E-state index is 12.2. The van der Waals surface area contributed by atoms with E-state index in [0.29, 0.717) is 24.1 Å². The highest BCUT2D eigenvalue weighted by Crippen LogP contribution is 2.12. The van der Waals surface area contributed by atoms with Crippen LogP contribution >= 0.6 is 0 Å². The number of anilines is 1. The number of carbonyl (C=O) groups excluding carboxylic acids is 1. The molecule has 116 valence electrons. The Morgan fingerprint density at radius 2 is 1.95 bits per heavy atom. The molecule has 6 nitrogen and oxygen atoms in total. The van der Waals surface area contributed by atoms with Crippen LogP contribution in [0.4, 0.5) is 5.95 Å². The Hall–Kier alpha value is -1.69. The Labute approximate surface area is 126 Å². The van der Waals surface area contributed by atoms with Crippen molar-refractivity contribution in [2.75, 3.05) is 44.7 Å². The molecular formula is C15H25N5O. The summed E-state index contributed by atoms with van der Waals surface area (Å²) in [5.41, 5.74) is 1.28. The molecule has 0 aromatic carbocycles. The second-order valence-corrected chi connectivity index (χ2v) is 6.09. The number of aryl methyl sites for hydroxylation is 1. The van der Waals surface area contributed by atoms with Crippen LogP contribution in [0.3, 0.4) is 0 Å². The van der Waals surface area contributed by atoms with Gasteiger partial charge in [0.25, 0.3) is 5.91 Å². The Balaban J connectivity index is 2.11. The molecule has 1 fully saturated rings. The smallest absolute Gasteiger partial charge is 0.270 e. The van der Waals surface area contributed by atoms with Gasteiger partial charge in [-0.05, 0) is 26.0 Å². The van der Waals surface area contributed by atoms with Gasteiger partial charge < -0.3 is 15.1 Å². The lowest BCUT2D eigenvalue weighted by Gasteiger charge is -2.32. The molecule has 1 aliphatic heterocycles. The molecule has 0 aliphatic carbocycles. The number of aromatic nitrogens is 2. The fraction of sp³-hybridized carbons (Fsp3) is 0.667. The van der Waals surface area contributed by atoms with Crippen molar-refractivity contribution >= 4 is 11.9 Å². The lowest BCUT2D eigenvalue weighted by atomic mass is 10.2. The zero-order chi connectivity index (χ0) is 15.4. The number of piperazine rings is 1. The molecule has 1 amide bonds. The van der Waals surface area contributed by atoms with E-state index in [9.17, 15) is 4.79 Å². The van der Waals surface area contributed by atoms with Crippen LogP contribution < -0.4 is 10.2 Å². The number of amides is 1. The first-order valence-corrected chi connectivity index (χ1v) is 7.53. The third kappa shape index (κ3) is 4.39. The first-order chi connectivity index (χ1) is 9.95. The highest BCUT2D eigenvalue weighted by molar-refractivity contribution is 5.92. The maximum Gasteiger partial charge on any atom is 0.270 e. The van der Waals surface area contributed by atoms with Crippen LogP contribution in [-0.2, 0) is 0 Å². The highest BCUT2D eigenvalue weighted by Gasteiger charge is 2.19. The second kappa shape index (κ2) is 6.85. The molecule has 0 bridgehead atoms. The lowest BCUT2D eigenvalue weighted by molar-refractivity contribution is 0.0943. The van der Waals surface area contributed by atoms with Crippen molar-refractivity contribution < 1.29 is 4.79 Å². The summed E-state index contributed by atoms with van der Waals surface area (Å²) < 4.78 is 0. The van der Waals surface area contributed by atoms with E-state index >= 15 is 0 Å². The van der Waals surface area contributed by atoms with Crippen LogP contribution in [0.2, 0.25) is 0 Å². The topological polar surface area (TPSA) is 61.4 Å². The number of likely N-dealkylation sites (N-methyl/N-ethyl adjacent to an activating group) is 1. The van der Waals surface area contributed by atoms with Crippen molar-refractivity contribution in [1.29, 1.82) is 0 Å². The number of hydrogen-bond acceptors (Lipinski definition) is 5. The van der Waals surface area contributed by atoms with Gasteiger partial charge in [0, 0.05) is 38.4 Å². The summed E-state index contributed by atoms with van der Waals surface area (Å²) in [7, 11) is 2.11. The summed E-state index contributed by atoms with van der Waals surface area (Å²) in [6.45, 7) is 10.5. The van der Waals surface area contributed by atoms with E-state index in [0.717, 1.165) is 31.9 Å². The van der Waals surface area contributed by atoms with E-state index in [1.807, 2.05) is 6.92 Å². The van der Waals surface area contributed by atoms with E-state index in [-0.39, 0.29) is 5.91 Å². The standard InChI is InChI=1S/C15H25N5O/c1-11(2)10-16-14(21)13-9-12(3)17-15(18-13)20-7-5-19(4)6-8-20/h9,11H,5-8,10H2,1-4H3,(H,16,21). The molecule has 1 aliphatic rings. The highest BCUT2D eigenvalue weighted by atomic mass is 16.1. The largest absolute Gasteiger partial charge is 0.350 e. The second-order valence-electron chi connectivity index (χ2n) is 6.09. The van der Waals surface area contributed by atoms with Crippen LogP contribution in [-0.4, -0.2) is 60.5 Å². The fourth-order valence-corrected chi connectivity index (χ4v) is 2.20. The van der Waals surface area contributed by atoms with Crippen molar-refractivity contribution in [3.8, 4) is 0 Å². The Morgan fingerprint density at radius 3 is 2.57 bits per heavy atom. The maximum absolute atomic E-state index is 12.2. The molecular weight excluding hydrogens is 266 g/mol. The first-order valence-electron chi connectivity index (χ1n) is 7.53. The third-order valence-corrected chi connectivity index (χ3v) is 3.53. The Bertz CT molecular complexity index is 495. The fourth-order valence-electron chi connectivity index (χ4n) is 2.20. The van der Waals surface area contributed by atoms with Gasteiger partial charge in [-0.2, -0.15) is 0 Å². The summed E-state index contributed by atoms with van der Waals surface area (Å²) in [6.07, 6.45) is 0. The van der Waals surface area contributed by atoms with E-state index < -0.39 is 0 Å². The normalized spacial score (nSPS) is 16.3. The molecule has 2 heterocycles. The van der Waals surface area contributed by atoms with Gasteiger partial charge in [0.15, 0.2) is 0 Å². The van der Waals surface area contributed by atoms with E-state index in [4.69, 9.17) is 0 Å². The summed E-state index contributed by atoms with van der Waals surface area (Å²) in [6, 6.07) is 1.75. The summed E-state index contributed by atoms with van der Waals surface area (Å²) in [5, 5.41) is 2.91. The summed E-state index contributed by atoms with van der Waals surface area (Å²) >= 11 is 0. The number of nitrogens with one attached hydrogen (secondary N) is 1. The molecule has 0 radical (unpaired) electrons. The van der Waals surface area contributed by atoms with E-state index in [1.165, 1.54) is 0 Å². The molecule has 0 spiro atoms. The number of carbonyl (C=O) groups is 1. The molecule has 1 N–H and O–H groups in total.